The van der Waals surface area contributed by atoms with Crippen LogP contribution in [0.2, 0.25) is 0 Å². The molecule has 4 heterocycles. The number of ether oxygens (including phenoxy) is 2. The second-order valence-corrected chi connectivity index (χ2v) is 22.7. The van der Waals surface area contributed by atoms with E-state index < -0.39 is 19.7 Å². The van der Waals surface area contributed by atoms with Crippen molar-refractivity contribution in [2.24, 2.45) is 0 Å². The molecule has 3 aliphatic carbocycles. The highest BCUT2D eigenvalue weighted by molar-refractivity contribution is 8.01. The Labute approximate surface area is 325 Å². The molecule has 12 heteroatoms. The minimum atomic E-state index is -3.68. The van der Waals surface area contributed by atoms with Gasteiger partial charge >= 0.3 is 0 Å². The minimum Gasteiger partial charge on any atom is -0.455 e. The van der Waals surface area contributed by atoms with Crippen LogP contribution >= 0.6 is 23.5 Å². The van der Waals surface area contributed by atoms with Gasteiger partial charge in [-0.15, -0.1) is 0 Å². The molecule has 0 spiro atoms. The van der Waals surface area contributed by atoms with E-state index in [-0.39, 0.29) is 19.6 Å². The number of sulfone groups is 2. The first-order chi connectivity index (χ1) is 26.3. The molecule has 11 rings (SSSR count). The zero-order chi connectivity index (χ0) is 36.3. The van der Waals surface area contributed by atoms with E-state index in [0.29, 0.717) is 68.2 Å². The minimum absolute atomic E-state index is 0.224. The Morgan fingerprint density at radius 2 is 0.870 bits per heavy atom. The highest BCUT2D eigenvalue weighted by atomic mass is 32.2. The number of thioether (sulfide) groups is 2. The molecule has 8 unspecified atom stereocenters. The maximum Gasteiger partial charge on any atom is 0.213 e. The third kappa shape index (κ3) is 5.14. The van der Waals surface area contributed by atoms with Crippen LogP contribution in [0.5, 0.6) is 23.0 Å². The number of hydrogen-bond acceptors (Lipinski definition) is 10. The molecule has 5 fully saturated rings. The molecule has 0 aromatic heterocycles. The van der Waals surface area contributed by atoms with E-state index in [1.165, 1.54) is 38.5 Å². The highest BCUT2D eigenvalue weighted by Crippen LogP contribution is 2.56. The number of benzene rings is 4. The third-order valence-corrected chi connectivity index (χ3v) is 20.2. The van der Waals surface area contributed by atoms with Crippen molar-refractivity contribution in [3.8, 4) is 23.0 Å². The summed E-state index contributed by atoms with van der Waals surface area (Å²) < 4.78 is 67.4. The van der Waals surface area contributed by atoms with Crippen LogP contribution in [0.25, 0.3) is 0 Å². The lowest BCUT2D eigenvalue weighted by molar-refractivity contribution is 0.287. The molecular weight excluding hydrogens is 757 g/mol. The first kappa shape index (κ1) is 34.0. The average molecular weight is 799 g/mol. The summed E-state index contributed by atoms with van der Waals surface area (Å²) in [7, 11) is -7.36. The molecule has 0 bridgehead atoms. The summed E-state index contributed by atoms with van der Waals surface area (Å²) in [4.78, 5) is 6.33. The summed E-state index contributed by atoms with van der Waals surface area (Å²) >= 11 is 4.41. The number of anilines is 2. The van der Waals surface area contributed by atoms with E-state index in [9.17, 15) is 16.8 Å². The van der Waals surface area contributed by atoms with Crippen LogP contribution in [0.4, 0.5) is 11.4 Å². The lowest BCUT2D eigenvalue weighted by atomic mass is 9.82. The molecule has 0 N–H and O–H groups in total. The third-order valence-electron chi connectivity index (χ3n) is 13.0. The molecule has 0 radical (unpaired) electrons. The zero-order valence-electron chi connectivity index (χ0n) is 29.7. The van der Waals surface area contributed by atoms with Gasteiger partial charge in [-0.3, -0.25) is 0 Å². The molecule has 8 nitrogen and oxygen atoms in total. The summed E-state index contributed by atoms with van der Waals surface area (Å²) in [5.41, 5.74) is 2.13. The second kappa shape index (κ2) is 12.6. The van der Waals surface area contributed by atoms with Crippen molar-refractivity contribution >= 4 is 54.6 Å². The summed E-state index contributed by atoms with van der Waals surface area (Å²) in [6, 6.07) is 26.9. The summed E-state index contributed by atoms with van der Waals surface area (Å²) in [5, 5.41) is 1.81. The van der Waals surface area contributed by atoms with Gasteiger partial charge in [-0.1, -0.05) is 49.9 Å². The van der Waals surface area contributed by atoms with E-state index in [4.69, 9.17) is 9.47 Å². The van der Waals surface area contributed by atoms with Crippen LogP contribution in [0.1, 0.15) is 64.2 Å². The maximum atomic E-state index is 13.7. The lowest BCUT2D eigenvalue weighted by Crippen LogP contribution is -2.67. The van der Waals surface area contributed by atoms with Crippen LogP contribution < -0.4 is 19.3 Å². The van der Waals surface area contributed by atoms with Gasteiger partial charge in [0.15, 0.2) is 0 Å². The largest absolute Gasteiger partial charge is 0.455 e. The number of rotatable bonds is 2. The average Bonchev–Trinajstić information content (AvgIpc) is 3.18. The van der Waals surface area contributed by atoms with Crippen LogP contribution in [0.15, 0.2) is 105 Å². The van der Waals surface area contributed by atoms with Gasteiger partial charge in [-0.25, -0.2) is 16.8 Å². The fourth-order valence-electron chi connectivity index (χ4n) is 10.7. The monoisotopic (exact) mass is 798 g/mol. The van der Waals surface area contributed by atoms with Gasteiger partial charge in [-0.05, 0) is 87.1 Å². The quantitative estimate of drug-likeness (QED) is 0.169. The molecule has 4 aromatic carbocycles. The number of para-hydroxylation sites is 2. The Morgan fingerprint density at radius 3 is 1.33 bits per heavy atom. The Balaban J connectivity index is 0.965. The van der Waals surface area contributed by atoms with Gasteiger partial charge in [0.1, 0.15) is 42.6 Å². The van der Waals surface area contributed by atoms with E-state index in [0.717, 1.165) is 37.1 Å². The van der Waals surface area contributed by atoms with E-state index in [1.54, 1.807) is 48.5 Å². The van der Waals surface area contributed by atoms with Gasteiger partial charge in [0, 0.05) is 68.7 Å². The number of fused-ring (bicyclic) bond motifs is 8. The number of nitrogens with zero attached hydrogens (tertiary/aromatic N) is 2. The van der Waals surface area contributed by atoms with Crippen LogP contribution in [-0.4, -0.2) is 62.0 Å². The van der Waals surface area contributed by atoms with Crippen molar-refractivity contribution in [3.63, 3.8) is 0 Å². The normalized spacial score (nSPS) is 32.4. The van der Waals surface area contributed by atoms with Crippen molar-refractivity contribution in [1.29, 1.82) is 0 Å². The van der Waals surface area contributed by atoms with Crippen molar-refractivity contribution in [3.05, 3.63) is 84.9 Å². The Morgan fingerprint density at radius 1 is 0.463 bits per heavy atom. The van der Waals surface area contributed by atoms with Crippen molar-refractivity contribution in [1.82, 2.24) is 0 Å². The fourth-order valence-corrected chi connectivity index (χ4v) is 17.5. The van der Waals surface area contributed by atoms with E-state index in [1.807, 2.05) is 36.4 Å². The maximum absolute atomic E-state index is 13.7. The molecule has 8 atom stereocenters. The molecule has 0 amide bonds. The van der Waals surface area contributed by atoms with Crippen molar-refractivity contribution < 1.29 is 26.3 Å². The lowest BCUT2D eigenvalue weighted by Gasteiger charge is -2.61. The standard InChI is InChI=1S/C42H42N2O6S4/c45-53(46)39-15-7-3-11-31(39)49-33-21-25(17-19-41(33)53)43-27-9-1-5-13-35(27)51-37-24-30-38(23-29(37)43)52-36-14-6-2-10-28(36)44(30)26-18-20-42-34(22-26)50-32-12-4-8-16-40(32)54(42,47)48/h3-4,7-8,11-12,15-22,27-30,35-38H,1-2,5-6,9-10,13-14,23-24H2. The Hall–Kier alpha value is -3.32. The SMILES string of the molecule is O=S1(=O)c2ccccc2Oc2cc(N3C4CCCCC4SC4CC5C(CC43)SC3CCCCC3N5c3ccc4c(c3)Oc3ccccc3S4(=O)=O)ccc21. The van der Waals surface area contributed by atoms with Gasteiger partial charge < -0.3 is 19.3 Å². The molecule has 3 saturated carbocycles. The molecular formula is C42H42N2O6S4. The van der Waals surface area contributed by atoms with Gasteiger partial charge in [-0.2, -0.15) is 23.5 Å². The summed E-state index contributed by atoms with van der Waals surface area (Å²) in [6.07, 6.45) is 11.6. The smallest absolute Gasteiger partial charge is 0.213 e. The summed E-state index contributed by atoms with van der Waals surface area (Å²) in [6.45, 7) is 0. The predicted molar refractivity (Wildman–Crippen MR) is 213 cm³/mol. The summed E-state index contributed by atoms with van der Waals surface area (Å²) in [5.74, 6) is 1.62. The predicted octanol–water partition coefficient (Wildman–Crippen LogP) is 9.26. The first-order valence-corrected chi connectivity index (χ1v) is 24.3. The molecule has 4 aliphatic heterocycles. The van der Waals surface area contributed by atoms with Crippen LogP contribution in [-0.2, 0) is 19.7 Å². The van der Waals surface area contributed by atoms with Crippen molar-refractivity contribution in [2.75, 3.05) is 9.80 Å². The van der Waals surface area contributed by atoms with E-state index in [2.05, 4.69) is 33.3 Å². The molecule has 4 aromatic rings. The zero-order valence-corrected chi connectivity index (χ0v) is 33.0. The fraction of sp³-hybridized carbons (Fsp3) is 0.429. The van der Waals surface area contributed by atoms with Gasteiger partial charge in [0.2, 0.25) is 19.7 Å². The Bertz CT molecular complexity index is 2240. The Kier molecular flexibility index (Phi) is 7.92. The molecule has 54 heavy (non-hydrogen) atoms. The van der Waals surface area contributed by atoms with Gasteiger partial charge in [0.05, 0.1) is 0 Å². The molecule has 280 valence electrons. The molecule has 7 aliphatic rings. The van der Waals surface area contributed by atoms with Crippen LogP contribution in [0.3, 0.4) is 0 Å². The van der Waals surface area contributed by atoms with E-state index >= 15 is 0 Å². The topological polar surface area (TPSA) is 93.2 Å². The first-order valence-electron chi connectivity index (χ1n) is 19.5. The molecule has 2 saturated heterocycles. The second-order valence-electron chi connectivity index (χ2n) is 15.9. The van der Waals surface area contributed by atoms with Crippen molar-refractivity contribution in [2.45, 2.75) is 129 Å². The number of hydrogen-bond donors (Lipinski definition) is 0. The van der Waals surface area contributed by atoms with Gasteiger partial charge in [0.25, 0.3) is 0 Å². The highest BCUT2D eigenvalue weighted by Gasteiger charge is 2.54. The van der Waals surface area contributed by atoms with Crippen LogP contribution in [0, 0.1) is 0 Å².